The van der Waals surface area contributed by atoms with Crippen molar-refractivity contribution in [2.75, 3.05) is 6.54 Å². The number of hydrogen-bond acceptors (Lipinski definition) is 6. The minimum atomic E-state index is -1.38. The van der Waals surface area contributed by atoms with E-state index in [1.54, 1.807) is 16.8 Å². The van der Waals surface area contributed by atoms with Crippen LogP contribution in [0.15, 0.2) is 24.3 Å². The fraction of sp³-hybridized carbons (Fsp3) is 0.577. The molecule has 1 aromatic carbocycles. The Labute approximate surface area is 205 Å². The van der Waals surface area contributed by atoms with Crippen molar-refractivity contribution in [3.8, 4) is 5.69 Å². The van der Waals surface area contributed by atoms with Crippen LogP contribution in [0.2, 0.25) is 0 Å². The maximum atomic E-state index is 13.6. The molecule has 1 aliphatic rings. The van der Waals surface area contributed by atoms with Gasteiger partial charge in [0.2, 0.25) is 0 Å². The Hall–Kier alpha value is -2.78. The number of halogens is 1. The number of hydrogen-bond donors (Lipinski definition) is 3. The molecule has 3 rings (SSSR count). The molecular formula is C26H35FN3O5-. The molecule has 0 unspecified atom stereocenters. The molecule has 8 nitrogen and oxygen atoms in total. The zero-order valence-corrected chi connectivity index (χ0v) is 20.4. The van der Waals surface area contributed by atoms with Gasteiger partial charge in [0.25, 0.3) is 5.91 Å². The number of aliphatic carboxylic acids is 1. The van der Waals surface area contributed by atoms with Gasteiger partial charge in [-0.1, -0.05) is 26.7 Å². The SMILES string of the molecule is CC(C)c1c(C(=O)NCC2CCCC2)nn(-c2ccc(F)cc2)c1CC[C@@H](O)C[C@@H](O)CC(=O)[O-]. The molecule has 1 fully saturated rings. The monoisotopic (exact) mass is 488 g/mol. The van der Waals surface area contributed by atoms with Gasteiger partial charge in [0, 0.05) is 30.2 Å². The second-order valence-corrected chi connectivity index (χ2v) is 9.77. The highest BCUT2D eigenvalue weighted by atomic mass is 19.1. The number of nitrogens with zero attached hydrogens (tertiary/aromatic N) is 2. The van der Waals surface area contributed by atoms with Crippen molar-refractivity contribution < 1.29 is 29.3 Å². The number of aromatic nitrogens is 2. The summed E-state index contributed by atoms with van der Waals surface area (Å²) in [4.78, 5) is 23.9. The lowest BCUT2D eigenvalue weighted by atomic mass is 9.95. The standard InChI is InChI=1S/C26H36FN3O5/c1-16(2)24-22(12-11-20(31)13-21(32)14-23(33)34)30(19-9-7-18(27)8-10-19)29-25(24)26(35)28-15-17-5-3-4-6-17/h7-10,16-17,20-21,31-32H,3-6,11-15H2,1-2H3,(H,28,35)(H,33,34)/p-1/t20-,21-/m1/s1. The van der Waals surface area contributed by atoms with E-state index < -0.39 is 30.4 Å². The van der Waals surface area contributed by atoms with Crippen LogP contribution in [0.1, 0.15) is 86.5 Å². The first-order chi connectivity index (χ1) is 16.7. The molecule has 9 heteroatoms. The molecule has 2 atom stereocenters. The fourth-order valence-electron chi connectivity index (χ4n) is 4.82. The lowest BCUT2D eigenvalue weighted by molar-refractivity contribution is -0.307. The largest absolute Gasteiger partial charge is 0.550 e. The van der Waals surface area contributed by atoms with Gasteiger partial charge < -0.3 is 25.4 Å². The van der Waals surface area contributed by atoms with Gasteiger partial charge >= 0.3 is 0 Å². The van der Waals surface area contributed by atoms with Crippen molar-refractivity contribution in [2.45, 2.75) is 83.3 Å². The van der Waals surface area contributed by atoms with Gasteiger partial charge in [-0.25, -0.2) is 9.07 Å². The number of carboxylic acid groups (broad SMARTS) is 1. The van der Waals surface area contributed by atoms with Crippen LogP contribution in [0.5, 0.6) is 0 Å². The molecule has 1 heterocycles. The molecule has 0 saturated heterocycles. The molecule has 192 valence electrons. The molecule has 2 aromatic rings. The minimum absolute atomic E-state index is 0.0488. The Morgan fingerprint density at radius 2 is 1.83 bits per heavy atom. The second-order valence-electron chi connectivity index (χ2n) is 9.77. The predicted molar refractivity (Wildman–Crippen MR) is 126 cm³/mol. The van der Waals surface area contributed by atoms with Gasteiger partial charge in [-0.3, -0.25) is 4.79 Å². The summed E-state index contributed by atoms with van der Waals surface area (Å²) < 4.78 is 15.2. The highest BCUT2D eigenvalue weighted by Gasteiger charge is 2.27. The van der Waals surface area contributed by atoms with E-state index in [1.807, 2.05) is 13.8 Å². The van der Waals surface area contributed by atoms with Gasteiger partial charge in [-0.15, -0.1) is 0 Å². The second kappa shape index (κ2) is 12.3. The van der Waals surface area contributed by atoms with Crippen LogP contribution in [-0.2, 0) is 11.2 Å². The van der Waals surface area contributed by atoms with Crippen molar-refractivity contribution in [2.24, 2.45) is 5.92 Å². The number of rotatable bonds is 12. The van der Waals surface area contributed by atoms with E-state index in [4.69, 9.17) is 0 Å². The maximum absolute atomic E-state index is 13.6. The van der Waals surface area contributed by atoms with E-state index >= 15 is 0 Å². The Bertz CT molecular complexity index is 999. The summed E-state index contributed by atoms with van der Waals surface area (Å²) in [5.41, 5.74) is 2.36. The van der Waals surface area contributed by atoms with E-state index in [1.165, 1.54) is 25.0 Å². The Kier molecular flexibility index (Phi) is 9.40. The normalized spacial score (nSPS) is 15.9. The van der Waals surface area contributed by atoms with E-state index in [-0.39, 0.29) is 24.7 Å². The summed E-state index contributed by atoms with van der Waals surface area (Å²) in [6.45, 7) is 4.52. The number of nitrogens with one attached hydrogen (secondary N) is 1. The summed E-state index contributed by atoms with van der Waals surface area (Å²) >= 11 is 0. The smallest absolute Gasteiger partial charge is 0.272 e. The van der Waals surface area contributed by atoms with Gasteiger partial charge in [0.1, 0.15) is 5.82 Å². The quantitative estimate of drug-likeness (QED) is 0.420. The molecule has 0 aliphatic heterocycles. The third-order valence-corrected chi connectivity index (χ3v) is 6.57. The maximum Gasteiger partial charge on any atom is 0.272 e. The predicted octanol–water partition coefficient (Wildman–Crippen LogP) is 2.24. The first-order valence-electron chi connectivity index (χ1n) is 12.4. The summed E-state index contributed by atoms with van der Waals surface area (Å²) in [5.74, 6) is -1.60. The van der Waals surface area contributed by atoms with E-state index in [0.717, 1.165) is 18.4 Å². The number of aliphatic hydroxyl groups excluding tert-OH is 2. The van der Waals surface area contributed by atoms with Gasteiger partial charge in [0.15, 0.2) is 5.69 Å². The third kappa shape index (κ3) is 7.35. The van der Waals surface area contributed by atoms with E-state index in [0.29, 0.717) is 36.0 Å². The van der Waals surface area contributed by atoms with Gasteiger partial charge in [-0.2, -0.15) is 5.10 Å². The summed E-state index contributed by atoms with van der Waals surface area (Å²) in [7, 11) is 0. The van der Waals surface area contributed by atoms with Crippen molar-refractivity contribution in [1.29, 1.82) is 0 Å². The highest BCUT2D eigenvalue weighted by molar-refractivity contribution is 5.94. The fourth-order valence-corrected chi connectivity index (χ4v) is 4.82. The summed E-state index contributed by atoms with van der Waals surface area (Å²) in [6.07, 6.45) is 2.30. The molecule has 0 bridgehead atoms. The van der Waals surface area contributed by atoms with Gasteiger partial charge in [-0.05, 0) is 68.2 Å². The Morgan fingerprint density at radius 3 is 2.43 bits per heavy atom. The molecule has 1 amide bonds. The Morgan fingerprint density at radius 1 is 1.17 bits per heavy atom. The average Bonchev–Trinajstić information content (AvgIpc) is 3.44. The van der Waals surface area contributed by atoms with Crippen LogP contribution >= 0.6 is 0 Å². The van der Waals surface area contributed by atoms with Crippen LogP contribution in [0, 0.1) is 11.7 Å². The van der Waals surface area contributed by atoms with Crippen LogP contribution in [0.25, 0.3) is 5.69 Å². The molecule has 1 saturated carbocycles. The molecule has 0 spiro atoms. The van der Waals surface area contributed by atoms with Crippen molar-refractivity contribution >= 4 is 11.9 Å². The van der Waals surface area contributed by atoms with Crippen molar-refractivity contribution in [1.82, 2.24) is 15.1 Å². The number of carbonyl (C=O) groups excluding carboxylic acids is 2. The molecular weight excluding hydrogens is 453 g/mol. The molecule has 0 radical (unpaired) electrons. The third-order valence-electron chi connectivity index (χ3n) is 6.57. The molecule has 1 aromatic heterocycles. The van der Waals surface area contributed by atoms with Gasteiger partial charge in [0.05, 0.1) is 17.9 Å². The van der Waals surface area contributed by atoms with Crippen LogP contribution in [0.3, 0.4) is 0 Å². The number of amides is 1. The topological polar surface area (TPSA) is 128 Å². The first kappa shape index (κ1) is 26.8. The lowest BCUT2D eigenvalue weighted by Gasteiger charge is -2.17. The minimum Gasteiger partial charge on any atom is -0.550 e. The number of aliphatic hydroxyl groups is 2. The molecule has 3 N–H and O–H groups in total. The van der Waals surface area contributed by atoms with E-state index in [2.05, 4.69) is 10.4 Å². The zero-order chi connectivity index (χ0) is 25.5. The van der Waals surface area contributed by atoms with Crippen LogP contribution in [0.4, 0.5) is 4.39 Å². The summed E-state index contributed by atoms with van der Waals surface area (Å²) in [6, 6.07) is 5.80. The van der Waals surface area contributed by atoms with Crippen LogP contribution < -0.4 is 10.4 Å². The number of carboxylic acids is 1. The summed E-state index contributed by atoms with van der Waals surface area (Å²) in [5, 5.41) is 38.6. The Balaban J connectivity index is 1.87. The molecule has 1 aliphatic carbocycles. The average molecular weight is 489 g/mol. The first-order valence-corrected chi connectivity index (χ1v) is 12.4. The molecule has 35 heavy (non-hydrogen) atoms. The zero-order valence-electron chi connectivity index (χ0n) is 20.4. The lowest BCUT2D eigenvalue weighted by Crippen LogP contribution is -2.29. The van der Waals surface area contributed by atoms with Crippen LogP contribution in [-0.4, -0.2) is 50.6 Å². The van der Waals surface area contributed by atoms with E-state index in [9.17, 15) is 29.3 Å². The number of benzene rings is 1. The highest BCUT2D eigenvalue weighted by Crippen LogP contribution is 2.29. The number of carbonyl (C=O) groups is 2. The van der Waals surface area contributed by atoms with Crippen molar-refractivity contribution in [3.63, 3.8) is 0 Å². The van der Waals surface area contributed by atoms with Crippen molar-refractivity contribution in [3.05, 3.63) is 47.0 Å².